The SMILES string of the molecule is CC(C)CCOc1ccc(CN(CCCl)CCCl)cc1Cl. The van der Waals surface area contributed by atoms with E-state index in [0.717, 1.165) is 37.4 Å². The van der Waals surface area contributed by atoms with E-state index >= 15 is 0 Å². The van der Waals surface area contributed by atoms with Crippen LogP contribution in [-0.2, 0) is 6.54 Å². The zero-order valence-electron chi connectivity index (χ0n) is 12.7. The zero-order chi connectivity index (χ0) is 15.7. The Bertz CT molecular complexity index is 407. The van der Waals surface area contributed by atoms with Crippen molar-refractivity contribution in [2.75, 3.05) is 31.5 Å². The molecular formula is C16H24Cl3NO. The molecule has 21 heavy (non-hydrogen) atoms. The van der Waals surface area contributed by atoms with Gasteiger partial charge in [-0.15, -0.1) is 23.2 Å². The molecule has 5 heteroatoms. The lowest BCUT2D eigenvalue weighted by Crippen LogP contribution is -2.27. The average molecular weight is 353 g/mol. The number of benzene rings is 1. The third kappa shape index (κ3) is 7.60. The van der Waals surface area contributed by atoms with Crippen LogP contribution in [0, 0.1) is 5.92 Å². The molecule has 0 heterocycles. The van der Waals surface area contributed by atoms with Crippen LogP contribution in [0.4, 0.5) is 0 Å². The van der Waals surface area contributed by atoms with Gasteiger partial charge in [0.05, 0.1) is 11.6 Å². The summed E-state index contributed by atoms with van der Waals surface area (Å²) in [4.78, 5) is 2.21. The van der Waals surface area contributed by atoms with E-state index in [9.17, 15) is 0 Å². The molecule has 0 aromatic heterocycles. The van der Waals surface area contributed by atoms with Crippen LogP contribution in [0.1, 0.15) is 25.8 Å². The molecule has 1 rings (SSSR count). The minimum absolute atomic E-state index is 0.598. The highest BCUT2D eigenvalue weighted by Gasteiger charge is 2.08. The van der Waals surface area contributed by atoms with Gasteiger partial charge in [0.15, 0.2) is 0 Å². The van der Waals surface area contributed by atoms with Crippen LogP contribution in [0.5, 0.6) is 5.75 Å². The molecule has 0 aliphatic carbocycles. The van der Waals surface area contributed by atoms with E-state index in [4.69, 9.17) is 39.5 Å². The molecule has 0 N–H and O–H groups in total. The van der Waals surface area contributed by atoms with E-state index in [1.54, 1.807) is 0 Å². The van der Waals surface area contributed by atoms with Crippen LogP contribution in [0.15, 0.2) is 18.2 Å². The molecule has 1 aromatic carbocycles. The van der Waals surface area contributed by atoms with Crippen molar-refractivity contribution in [2.24, 2.45) is 5.92 Å². The Hall–Kier alpha value is -0.150. The van der Waals surface area contributed by atoms with Crippen molar-refractivity contribution in [1.29, 1.82) is 0 Å². The Morgan fingerprint density at radius 2 is 1.81 bits per heavy atom. The summed E-state index contributed by atoms with van der Waals surface area (Å²) < 4.78 is 5.71. The van der Waals surface area contributed by atoms with Crippen LogP contribution in [0.25, 0.3) is 0 Å². The van der Waals surface area contributed by atoms with Crippen molar-refractivity contribution < 1.29 is 4.74 Å². The van der Waals surface area contributed by atoms with Gasteiger partial charge in [0.1, 0.15) is 5.75 Å². The number of nitrogens with zero attached hydrogens (tertiary/aromatic N) is 1. The standard InChI is InChI=1S/C16H24Cl3NO/c1-13(2)5-10-21-16-4-3-14(11-15(16)19)12-20(8-6-17)9-7-18/h3-4,11,13H,5-10,12H2,1-2H3. The normalized spacial score (nSPS) is 11.4. The van der Waals surface area contributed by atoms with E-state index in [1.165, 1.54) is 0 Å². The predicted molar refractivity (Wildman–Crippen MR) is 93.1 cm³/mol. The summed E-state index contributed by atoms with van der Waals surface area (Å²) in [6.45, 7) is 7.48. The Labute approximate surface area is 143 Å². The second-order valence-corrected chi connectivity index (χ2v) is 6.61. The first kappa shape index (κ1) is 18.9. The highest BCUT2D eigenvalue weighted by atomic mass is 35.5. The molecule has 0 bridgehead atoms. The molecule has 0 aliphatic rings. The Balaban J connectivity index is 2.59. The number of hydrogen-bond acceptors (Lipinski definition) is 2. The van der Waals surface area contributed by atoms with Crippen molar-refractivity contribution in [3.05, 3.63) is 28.8 Å². The molecule has 0 unspecified atom stereocenters. The summed E-state index contributed by atoms with van der Waals surface area (Å²) in [5.41, 5.74) is 1.14. The van der Waals surface area contributed by atoms with Crippen LogP contribution < -0.4 is 4.74 Å². The van der Waals surface area contributed by atoms with Gasteiger partial charge in [-0.1, -0.05) is 31.5 Å². The molecule has 0 radical (unpaired) electrons. The van der Waals surface area contributed by atoms with Gasteiger partial charge in [-0.05, 0) is 30.0 Å². The van der Waals surface area contributed by atoms with Gasteiger partial charge in [0, 0.05) is 31.4 Å². The highest BCUT2D eigenvalue weighted by Crippen LogP contribution is 2.26. The molecule has 0 spiro atoms. The van der Waals surface area contributed by atoms with Crippen LogP contribution >= 0.6 is 34.8 Å². The number of ether oxygens (including phenoxy) is 1. The van der Waals surface area contributed by atoms with Gasteiger partial charge >= 0.3 is 0 Å². The fourth-order valence-corrected chi connectivity index (χ4v) is 2.67. The van der Waals surface area contributed by atoms with Gasteiger partial charge in [0.2, 0.25) is 0 Å². The van der Waals surface area contributed by atoms with Gasteiger partial charge in [-0.3, -0.25) is 4.90 Å². The lowest BCUT2D eigenvalue weighted by atomic mass is 10.1. The lowest BCUT2D eigenvalue weighted by Gasteiger charge is -2.20. The molecule has 1 aromatic rings. The quantitative estimate of drug-likeness (QED) is 0.547. The molecule has 0 saturated carbocycles. The second-order valence-electron chi connectivity index (χ2n) is 5.45. The topological polar surface area (TPSA) is 12.5 Å². The van der Waals surface area contributed by atoms with Crippen molar-refractivity contribution in [3.63, 3.8) is 0 Å². The fraction of sp³-hybridized carbons (Fsp3) is 0.625. The van der Waals surface area contributed by atoms with Crippen LogP contribution in [0.2, 0.25) is 5.02 Å². The summed E-state index contributed by atoms with van der Waals surface area (Å²) in [5.74, 6) is 2.58. The smallest absolute Gasteiger partial charge is 0.137 e. The van der Waals surface area contributed by atoms with E-state index in [0.29, 0.717) is 29.3 Å². The Morgan fingerprint density at radius 3 is 2.33 bits per heavy atom. The number of hydrogen-bond donors (Lipinski definition) is 0. The summed E-state index contributed by atoms with van der Waals surface area (Å²) in [5, 5.41) is 0.660. The largest absolute Gasteiger partial charge is 0.492 e. The second kappa shape index (κ2) is 10.6. The molecule has 2 nitrogen and oxygen atoms in total. The Morgan fingerprint density at radius 1 is 1.14 bits per heavy atom. The molecule has 0 amide bonds. The zero-order valence-corrected chi connectivity index (χ0v) is 15.0. The van der Waals surface area contributed by atoms with Gasteiger partial charge < -0.3 is 4.74 Å². The first-order chi connectivity index (χ1) is 10.1. The summed E-state index contributed by atoms with van der Waals surface area (Å²) >= 11 is 17.9. The summed E-state index contributed by atoms with van der Waals surface area (Å²) in [6.07, 6.45) is 1.03. The van der Waals surface area contributed by atoms with Crippen molar-refractivity contribution in [2.45, 2.75) is 26.8 Å². The van der Waals surface area contributed by atoms with E-state index in [-0.39, 0.29) is 0 Å². The maximum atomic E-state index is 6.29. The van der Waals surface area contributed by atoms with Gasteiger partial charge in [0.25, 0.3) is 0 Å². The number of halogens is 3. The minimum Gasteiger partial charge on any atom is -0.492 e. The Kier molecular flexibility index (Phi) is 9.50. The third-order valence-corrected chi connectivity index (χ3v) is 3.79. The highest BCUT2D eigenvalue weighted by molar-refractivity contribution is 6.32. The fourth-order valence-electron chi connectivity index (χ4n) is 1.93. The minimum atomic E-state index is 0.598. The molecule has 0 saturated heterocycles. The molecule has 120 valence electrons. The third-order valence-electron chi connectivity index (χ3n) is 3.16. The first-order valence-corrected chi connectivity index (χ1v) is 8.77. The molecule has 0 atom stereocenters. The molecule has 0 fully saturated rings. The van der Waals surface area contributed by atoms with Crippen LogP contribution in [-0.4, -0.2) is 36.4 Å². The van der Waals surface area contributed by atoms with Crippen molar-refractivity contribution in [1.82, 2.24) is 4.90 Å². The lowest BCUT2D eigenvalue weighted by molar-refractivity contribution is 0.288. The van der Waals surface area contributed by atoms with E-state index in [2.05, 4.69) is 18.7 Å². The maximum absolute atomic E-state index is 6.29. The van der Waals surface area contributed by atoms with E-state index < -0.39 is 0 Å². The van der Waals surface area contributed by atoms with Crippen molar-refractivity contribution in [3.8, 4) is 5.75 Å². The monoisotopic (exact) mass is 351 g/mol. The van der Waals surface area contributed by atoms with E-state index in [1.807, 2.05) is 18.2 Å². The van der Waals surface area contributed by atoms with Crippen molar-refractivity contribution >= 4 is 34.8 Å². The summed E-state index contributed by atoms with van der Waals surface area (Å²) in [6, 6.07) is 5.95. The van der Waals surface area contributed by atoms with Gasteiger partial charge in [-0.25, -0.2) is 0 Å². The molecular weight excluding hydrogens is 329 g/mol. The average Bonchev–Trinajstić information content (AvgIpc) is 2.41. The maximum Gasteiger partial charge on any atom is 0.137 e. The molecule has 0 aliphatic heterocycles. The number of rotatable bonds is 10. The van der Waals surface area contributed by atoms with Crippen LogP contribution in [0.3, 0.4) is 0 Å². The summed E-state index contributed by atoms with van der Waals surface area (Å²) in [7, 11) is 0. The van der Waals surface area contributed by atoms with Gasteiger partial charge in [-0.2, -0.15) is 0 Å². The predicted octanol–water partition coefficient (Wildman–Crippen LogP) is 5.04. The first-order valence-electron chi connectivity index (χ1n) is 7.32. The number of alkyl halides is 2.